The summed E-state index contributed by atoms with van der Waals surface area (Å²) in [5, 5.41) is 0.549. The van der Waals surface area contributed by atoms with Crippen LogP contribution in [0, 0.1) is 13.8 Å². The van der Waals surface area contributed by atoms with Crippen molar-refractivity contribution >= 4 is 17.4 Å². The highest BCUT2D eigenvalue weighted by Crippen LogP contribution is 2.32. The van der Waals surface area contributed by atoms with Crippen molar-refractivity contribution in [3.63, 3.8) is 0 Å². The van der Waals surface area contributed by atoms with E-state index in [1.807, 2.05) is 45.9 Å². The van der Waals surface area contributed by atoms with Crippen LogP contribution in [0.3, 0.4) is 0 Å². The zero-order chi connectivity index (χ0) is 14.9. The number of hydrogen-bond donors (Lipinski definition) is 1. The fourth-order valence-corrected chi connectivity index (χ4v) is 1.95. The molecule has 0 aliphatic carbocycles. The van der Waals surface area contributed by atoms with Crippen LogP contribution >= 0.6 is 11.6 Å². The topological polar surface area (TPSA) is 61.0 Å². The van der Waals surface area contributed by atoms with Crippen molar-refractivity contribution < 1.29 is 4.74 Å². The molecule has 0 spiro atoms. The lowest BCUT2D eigenvalue weighted by atomic mass is 10.2. The number of nitrogens with zero attached hydrogens (tertiary/aromatic N) is 2. The number of benzene rings is 1. The first-order chi connectivity index (χ1) is 9.38. The van der Waals surface area contributed by atoms with Gasteiger partial charge >= 0.3 is 0 Å². The number of aromatic nitrogens is 2. The minimum Gasteiger partial charge on any atom is -0.437 e. The molecule has 106 valence electrons. The van der Waals surface area contributed by atoms with Crippen molar-refractivity contribution in [2.75, 3.05) is 5.73 Å². The van der Waals surface area contributed by atoms with E-state index in [2.05, 4.69) is 9.97 Å². The summed E-state index contributed by atoms with van der Waals surface area (Å²) in [6, 6.07) is 5.61. The molecule has 0 atom stereocenters. The maximum absolute atomic E-state index is 6.17. The predicted molar refractivity (Wildman–Crippen MR) is 81.5 cm³/mol. The van der Waals surface area contributed by atoms with E-state index >= 15 is 0 Å². The number of ether oxygens (including phenoxy) is 1. The van der Waals surface area contributed by atoms with Crippen molar-refractivity contribution in [1.29, 1.82) is 0 Å². The second-order valence-corrected chi connectivity index (χ2v) is 5.50. The molecule has 0 bridgehead atoms. The molecule has 0 aliphatic rings. The van der Waals surface area contributed by atoms with Crippen molar-refractivity contribution in [3.8, 4) is 11.6 Å². The minimum absolute atomic E-state index is 0.175. The summed E-state index contributed by atoms with van der Waals surface area (Å²) in [6.07, 6.45) is 0. The predicted octanol–water partition coefficient (Wildman–Crippen LogP) is 4.24. The molecule has 0 saturated heterocycles. The molecular formula is C15H18ClN3O. The van der Waals surface area contributed by atoms with Crippen LogP contribution in [0.4, 0.5) is 5.82 Å². The first-order valence-electron chi connectivity index (χ1n) is 6.46. The Bertz CT molecular complexity index is 641. The second kappa shape index (κ2) is 5.67. The lowest BCUT2D eigenvalue weighted by molar-refractivity contribution is 0.453. The first-order valence-corrected chi connectivity index (χ1v) is 6.84. The summed E-state index contributed by atoms with van der Waals surface area (Å²) < 4.78 is 5.80. The molecule has 0 fully saturated rings. The minimum atomic E-state index is 0.175. The van der Waals surface area contributed by atoms with Crippen molar-refractivity contribution in [2.45, 2.75) is 33.6 Å². The summed E-state index contributed by atoms with van der Waals surface area (Å²) in [5.74, 6) is 2.28. The molecule has 0 unspecified atom stereocenters. The molecule has 0 radical (unpaired) electrons. The van der Waals surface area contributed by atoms with Gasteiger partial charge in [0.1, 0.15) is 17.4 Å². The Labute approximate surface area is 124 Å². The summed E-state index contributed by atoms with van der Waals surface area (Å²) >= 11 is 6.17. The van der Waals surface area contributed by atoms with E-state index in [9.17, 15) is 0 Å². The number of hydrogen-bond acceptors (Lipinski definition) is 4. The summed E-state index contributed by atoms with van der Waals surface area (Å²) in [5.41, 5.74) is 7.70. The standard InChI is InChI=1S/C15H18ClN3O/c1-8(2)14-18-13(17)10(4)15(19-14)20-12-6-5-9(3)7-11(12)16/h5-8H,1-4H3,(H2,17,18,19). The second-order valence-electron chi connectivity index (χ2n) is 5.09. The molecule has 2 N–H and O–H groups in total. The van der Waals surface area contributed by atoms with E-state index in [0.29, 0.717) is 33.9 Å². The van der Waals surface area contributed by atoms with Gasteiger partial charge < -0.3 is 10.5 Å². The zero-order valence-electron chi connectivity index (χ0n) is 12.1. The van der Waals surface area contributed by atoms with Gasteiger partial charge in [-0.15, -0.1) is 0 Å². The van der Waals surface area contributed by atoms with Crippen LogP contribution in [-0.4, -0.2) is 9.97 Å². The van der Waals surface area contributed by atoms with Crippen LogP contribution < -0.4 is 10.5 Å². The van der Waals surface area contributed by atoms with Gasteiger partial charge in [0, 0.05) is 5.92 Å². The van der Waals surface area contributed by atoms with E-state index < -0.39 is 0 Å². The highest BCUT2D eigenvalue weighted by Gasteiger charge is 2.14. The molecule has 5 heteroatoms. The van der Waals surface area contributed by atoms with E-state index in [1.54, 1.807) is 0 Å². The monoisotopic (exact) mass is 291 g/mol. The molecule has 0 amide bonds. The van der Waals surface area contributed by atoms with Gasteiger partial charge in [-0.05, 0) is 31.5 Å². The Morgan fingerprint density at radius 2 is 1.90 bits per heavy atom. The maximum Gasteiger partial charge on any atom is 0.227 e. The lowest BCUT2D eigenvalue weighted by Crippen LogP contribution is -2.06. The lowest BCUT2D eigenvalue weighted by Gasteiger charge is -2.13. The summed E-state index contributed by atoms with van der Waals surface area (Å²) in [4.78, 5) is 8.68. The van der Waals surface area contributed by atoms with Gasteiger partial charge in [0.2, 0.25) is 5.88 Å². The highest BCUT2D eigenvalue weighted by molar-refractivity contribution is 6.32. The number of nitrogen functional groups attached to an aromatic ring is 1. The van der Waals surface area contributed by atoms with E-state index in [1.165, 1.54) is 0 Å². The average Bonchev–Trinajstić information content (AvgIpc) is 2.37. The molecule has 0 aliphatic heterocycles. The van der Waals surface area contributed by atoms with Crippen LogP contribution in [0.25, 0.3) is 0 Å². The molecule has 20 heavy (non-hydrogen) atoms. The van der Waals surface area contributed by atoms with Gasteiger partial charge in [0.25, 0.3) is 0 Å². The molecular weight excluding hydrogens is 274 g/mol. The van der Waals surface area contributed by atoms with Crippen LogP contribution in [0.2, 0.25) is 5.02 Å². The van der Waals surface area contributed by atoms with Crippen LogP contribution in [-0.2, 0) is 0 Å². The van der Waals surface area contributed by atoms with Gasteiger partial charge in [-0.2, -0.15) is 4.98 Å². The van der Waals surface area contributed by atoms with E-state index in [-0.39, 0.29) is 5.92 Å². The number of anilines is 1. The van der Waals surface area contributed by atoms with E-state index in [4.69, 9.17) is 22.1 Å². The molecule has 2 rings (SSSR count). The quantitative estimate of drug-likeness (QED) is 0.918. The largest absolute Gasteiger partial charge is 0.437 e. The van der Waals surface area contributed by atoms with E-state index in [0.717, 1.165) is 5.56 Å². The van der Waals surface area contributed by atoms with Crippen LogP contribution in [0.5, 0.6) is 11.6 Å². The Morgan fingerprint density at radius 1 is 1.20 bits per heavy atom. The maximum atomic E-state index is 6.17. The third-order valence-corrected chi connectivity index (χ3v) is 3.26. The van der Waals surface area contributed by atoms with Gasteiger partial charge in [0.15, 0.2) is 0 Å². The molecule has 1 aromatic carbocycles. The number of halogens is 1. The fourth-order valence-electron chi connectivity index (χ4n) is 1.68. The number of rotatable bonds is 3. The Hall–Kier alpha value is -1.81. The van der Waals surface area contributed by atoms with Gasteiger partial charge in [-0.3, -0.25) is 0 Å². The zero-order valence-corrected chi connectivity index (χ0v) is 12.8. The fraction of sp³-hybridized carbons (Fsp3) is 0.333. The number of nitrogens with two attached hydrogens (primary N) is 1. The normalized spacial score (nSPS) is 10.9. The Morgan fingerprint density at radius 3 is 2.50 bits per heavy atom. The smallest absolute Gasteiger partial charge is 0.227 e. The third-order valence-electron chi connectivity index (χ3n) is 2.97. The van der Waals surface area contributed by atoms with Crippen molar-refractivity contribution in [3.05, 3.63) is 40.2 Å². The first kappa shape index (κ1) is 14.6. The van der Waals surface area contributed by atoms with Crippen molar-refractivity contribution in [1.82, 2.24) is 9.97 Å². The Balaban J connectivity index is 2.42. The molecule has 4 nitrogen and oxygen atoms in total. The molecule has 2 aromatic rings. The molecule has 0 saturated carbocycles. The third kappa shape index (κ3) is 3.02. The van der Waals surface area contributed by atoms with Crippen LogP contribution in [0.1, 0.15) is 36.7 Å². The summed E-state index contributed by atoms with van der Waals surface area (Å²) in [6.45, 7) is 7.82. The van der Waals surface area contributed by atoms with Gasteiger partial charge in [-0.1, -0.05) is 31.5 Å². The highest BCUT2D eigenvalue weighted by atomic mass is 35.5. The van der Waals surface area contributed by atoms with Crippen molar-refractivity contribution in [2.24, 2.45) is 0 Å². The Kier molecular flexibility index (Phi) is 4.14. The average molecular weight is 292 g/mol. The molecule has 1 heterocycles. The molecule has 1 aromatic heterocycles. The van der Waals surface area contributed by atoms with Gasteiger partial charge in [0.05, 0.1) is 10.6 Å². The summed E-state index contributed by atoms with van der Waals surface area (Å²) in [7, 11) is 0. The van der Waals surface area contributed by atoms with Gasteiger partial charge in [-0.25, -0.2) is 4.98 Å². The number of aryl methyl sites for hydroxylation is 1. The SMILES string of the molecule is Cc1ccc(Oc2nc(C(C)C)nc(N)c2C)c(Cl)c1. The van der Waals surface area contributed by atoms with Crippen LogP contribution in [0.15, 0.2) is 18.2 Å².